The summed E-state index contributed by atoms with van der Waals surface area (Å²) in [6.07, 6.45) is 0. The average Bonchev–Trinajstić information content (AvgIpc) is 2.27. The van der Waals surface area contributed by atoms with Gasteiger partial charge in [0.25, 0.3) is 0 Å². The number of hydrogen-bond acceptors (Lipinski definition) is 3. The fourth-order valence-corrected chi connectivity index (χ4v) is 1.41. The minimum atomic E-state index is -1.09. The average molecular weight is 203 g/mol. The topological polar surface area (TPSA) is 59.4 Å². The number of rotatable bonds is 2. The normalized spacial score (nSPS) is 10.2. The van der Waals surface area contributed by atoms with Crippen molar-refractivity contribution in [1.29, 1.82) is 0 Å². The van der Waals surface area contributed by atoms with Gasteiger partial charge >= 0.3 is 5.97 Å². The van der Waals surface area contributed by atoms with Crippen LogP contribution in [0.25, 0.3) is 10.9 Å². The second-order valence-electron chi connectivity index (χ2n) is 3.04. The first-order valence-corrected chi connectivity index (χ1v) is 4.39. The van der Waals surface area contributed by atoms with Gasteiger partial charge in [-0.05, 0) is 12.1 Å². The van der Waals surface area contributed by atoms with Crippen LogP contribution in [0.4, 0.5) is 0 Å². The zero-order valence-corrected chi connectivity index (χ0v) is 8.10. The van der Waals surface area contributed by atoms with Gasteiger partial charge in [0.1, 0.15) is 0 Å². The molecule has 1 N–H and O–H groups in total. The van der Waals surface area contributed by atoms with Gasteiger partial charge in [-0.3, -0.25) is 0 Å². The van der Waals surface area contributed by atoms with E-state index in [0.717, 1.165) is 5.39 Å². The van der Waals surface area contributed by atoms with Crippen LogP contribution in [0.2, 0.25) is 0 Å². The summed E-state index contributed by atoms with van der Waals surface area (Å²) in [6, 6.07) is 8.97. The Kier molecular flexibility index (Phi) is 2.25. The number of carboxylic acids is 1. The molecular formula is C11H9NO3. The molecule has 0 aliphatic carbocycles. The molecule has 2 aromatic rings. The van der Waals surface area contributed by atoms with E-state index in [0.29, 0.717) is 5.52 Å². The van der Waals surface area contributed by atoms with Gasteiger partial charge in [0.2, 0.25) is 0 Å². The molecule has 0 saturated heterocycles. The quantitative estimate of drug-likeness (QED) is 0.810. The number of aromatic carboxylic acids is 1. The van der Waals surface area contributed by atoms with E-state index in [1.807, 2.05) is 18.2 Å². The number of carboxylic acid groups (broad SMARTS) is 1. The van der Waals surface area contributed by atoms with E-state index in [1.165, 1.54) is 7.11 Å². The minimum absolute atomic E-state index is 0.0591. The van der Waals surface area contributed by atoms with Crippen molar-refractivity contribution in [1.82, 2.24) is 4.98 Å². The molecule has 1 heterocycles. The van der Waals surface area contributed by atoms with Crippen molar-refractivity contribution in [3.63, 3.8) is 0 Å². The molecule has 15 heavy (non-hydrogen) atoms. The SMILES string of the molecule is COc1cc2ccccc2nc1C(=O)O. The van der Waals surface area contributed by atoms with Crippen LogP contribution in [0.15, 0.2) is 30.3 Å². The maximum absolute atomic E-state index is 10.9. The second-order valence-corrected chi connectivity index (χ2v) is 3.04. The standard InChI is InChI=1S/C11H9NO3/c1-15-9-6-7-4-2-3-5-8(7)12-10(9)11(13)14/h2-6H,1H3,(H,13,14). The Morgan fingerprint density at radius 1 is 1.40 bits per heavy atom. The van der Waals surface area contributed by atoms with E-state index >= 15 is 0 Å². The van der Waals surface area contributed by atoms with Crippen LogP contribution in [0.3, 0.4) is 0 Å². The number of hydrogen-bond donors (Lipinski definition) is 1. The van der Waals surface area contributed by atoms with Crippen molar-refractivity contribution >= 4 is 16.9 Å². The lowest BCUT2D eigenvalue weighted by atomic mass is 10.2. The number of pyridine rings is 1. The Labute approximate surface area is 86.1 Å². The number of ether oxygens (including phenoxy) is 1. The first kappa shape index (κ1) is 9.45. The summed E-state index contributed by atoms with van der Waals surface area (Å²) in [6.45, 7) is 0. The molecule has 0 amide bonds. The van der Waals surface area contributed by atoms with Crippen molar-refractivity contribution in [2.24, 2.45) is 0 Å². The van der Waals surface area contributed by atoms with Gasteiger partial charge < -0.3 is 9.84 Å². The van der Waals surface area contributed by atoms with Gasteiger partial charge in [-0.2, -0.15) is 0 Å². The Morgan fingerprint density at radius 3 is 2.80 bits per heavy atom. The zero-order valence-electron chi connectivity index (χ0n) is 8.10. The van der Waals surface area contributed by atoms with Gasteiger partial charge in [-0.15, -0.1) is 0 Å². The highest BCUT2D eigenvalue weighted by Gasteiger charge is 2.13. The summed E-state index contributed by atoms with van der Waals surface area (Å²) >= 11 is 0. The molecule has 2 rings (SSSR count). The van der Waals surface area contributed by atoms with Gasteiger partial charge in [-0.1, -0.05) is 18.2 Å². The lowest BCUT2D eigenvalue weighted by molar-refractivity contribution is 0.0687. The number of fused-ring (bicyclic) bond motifs is 1. The summed E-state index contributed by atoms with van der Waals surface area (Å²) in [5.74, 6) is -0.807. The van der Waals surface area contributed by atoms with E-state index in [-0.39, 0.29) is 11.4 Å². The van der Waals surface area contributed by atoms with Crippen LogP contribution in [0.5, 0.6) is 5.75 Å². The maximum atomic E-state index is 10.9. The maximum Gasteiger partial charge on any atom is 0.358 e. The molecule has 0 unspecified atom stereocenters. The van der Waals surface area contributed by atoms with Gasteiger partial charge in [0.15, 0.2) is 11.4 Å². The lowest BCUT2D eigenvalue weighted by Gasteiger charge is -2.05. The van der Waals surface area contributed by atoms with Gasteiger partial charge in [0.05, 0.1) is 12.6 Å². The van der Waals surface area contributed by atoms with Crippen LogP contribution in [0, 0.1) is 0 Å². The number of para-hydroxylation sites is 1. The number of aromatic nitrogens is 1. The number of nitrogens with zero attached hydrogens (tertiary/aromatic N) is 1. The summed E-state index contributed by atoms with van der Waals surface area (Å²) in [4.78, 5) is 14.9. The molecule has 0 aliphatic heterocycles. The Morgan fingerprint density at radius 2 is 2.13 bits per heavy atom. The lowest BCUT2D eigenvalue weighted by Crippen LogP contribution is -2.03. The zero-order chi connectivity index (χ0) is 10.8. The number of benzene rings is 1. The number of methoxy groups -OCH3 is 1. The highest BCUT2D eigenvalue weighted by Crippen LogP contribution is 2.22. The molecule has 1 aromatic carbocycles. The van der Waals surface area contributed by atoms with Crippen LogP contribution in [0.1, 0.15) is 10.5 Å². The fourth-order valence-electron chi connectivity index (χ4n) is 1.41. The first-order valence-electron chi connectivity index (χ1n) is 4.39. The fraction of sp³-hybridized carbons (Fsp3) is 0.0909. The minimum Gasteiger partial charge on any atom is -0.494 e. The molecule has 0 atom stereocenters. The van der Waals surface area contributed by atoms with E-state index in [2.05, 4.69) is 4.98 Å². The van der Waals surface area contributed by atoms with Crippen LogP contribution in [-0.2, 0) is 0 Å². The third-order valence-corrected chi connectivity index (χ3v) is 2.11. The molecular weight excluding hydrogens is 194 g/mol. The van der Waals surface area contributed by atoms with Crippen molar-refractivity contribution in [2.75, 3.05) is 7.11 Å². The smallest absolute Gasteiger partial charge is 0.358 e. The van der Waals surface area contributed by atoms with Gasteiger partial charge in [0, 0.05) is 5.39 Å². The largest absolute Gasteiger partial charge is 0.494 e. The van der Waals surface area contributed by atoms with Crippen molar-refractivity contribution in [2.45, 2.75) is 0 Å². The molecule has 0 aliphatic rings. The van der Waals surface area contributed by atoms with E-state index in [1.54, 1.807) is 12.1 Å². The Hall–Kier alpha value is -2.10. The monoisotopic (exact) mass is 203 g/mol. The van der Waals surface area contributed by atoms with Crippen LogP contribution < -0.4 is 4.74 Å². The van der Waals surface area contributed by atoms with Crippen LogP contribution >= 0.6 is 0 Å². The molecule has 0 saturated carbocycles. The second kappa shape index (κ2) is 3.57. The highest BCUT2D eigenvalue weighted by molar-refractivity contribution is 5.93. The summed E-state index contributed by atoms with van der Waals surface area (Å²) in [7, 11) is 1.43. The van der Waals surface area contributed by atoms with Crippen molar-refractivity contribution in [3.8, 4) is 5.75 Å². The van der Waals surface area contributed by atoms with E-state index in [4.69, 9.17) is 9.84 Å². The van der Waals surface area contributed by atoms with E-state index < -0.39 is 5.97 Å². The highest BCUT2D eigenvalue weighted by atomic mass is 16.5. The number of carbonyl (C=O) groups is 1. The summed E-state index contributed by atoms with van der Waals surface area (Å²) < 4.78 is 4.97. The molecule has 0 bridgehead atoms. The molecule has 4 heteroatoms. The van der Waals surface area contributed by atoms with E-state index in [9.17, 15) is 4.79 Å². The Bertz CT molecular complexity index is 522. The van der Waals surface area contributed by atoms with Crippen LogP contribution in [-0.4, -0.2) is 23.2 Å². The molecule has 0 fully saturated rings. The van der Waals surface area contributed by atoms with Gasteiger partial charge in [-0.25, -0.2) is 9.78 Å². The third kappa shape index (κ3) is 1.61. The molecule has 0 spiro atoms. The predicted molar refractivity (Wildman–Crippen MR) is 55.3 cm³/mol. The molecule has 1 aromatic heterocycles. The molecule has 4 nitrogen and oxygen atoms in total. The first-order chi connectivity index (χ1) is 7.22. The Balaban J connectivity index is 2.74. The predicted octanol–water partition coefficient (Wildman–Crippen LogP) is 1.94. The summed E-state index contributed by atoms with van der Waals surface area (Å²) in [5, 5.41) is 9.77. The molecule has 0 radical (unpaired) electrons. The third-order valence-electron chi connectivity index (χ3n) is 2.11. The van der Waals surface area contributed by atoms with Crippen molar-refractivity contribution in [3.05, 3.63) is 36.0 Å². The van der Waals surface area contributed by atoms with Crippen molar-refractivity contribution < 1.29 is 14.6 Å². The summed E-state index contributed by atoms with van der Waals surface area (Å²) in [5.41, 5.74) is 0.590. The molecule has 76 valence electrons.